The van der Waals surface area contributed by atoms with Gasteiger partial charge in [-0.15, -0.1) is 0 Å². The molecule has 0 aliphatic heterocycles. The molecule has 10 rings (SSSR count). The molecular formula is C51H33N3O. The Morgan fingerprint density at radius 1 is 0.255 bits per heavy atom. The van der Waals surface area contributed by atoms with Gasteiger partial charge in [0.1, 0.15) is 11.2 Å². The fraction of sp³-hybridized carbons (Fsp3) is 0. The van der Waals surface area contributed by atoms with E-state index in [0.29, 0.717) is 17.5 Å². The summed E-state index contributed by atoms with van der Waals surface area (Å²) in [6, 6.07) is 69.3. The van der Waals surface area contributed by atoms with E-state index in [4.69, 9.17) is 19.4 Å². The number of fused-ring (bicyclic) bond motifs is 3. The molecule has 0 bridgehead atoms. The van der Waals surface area contributed by atoms with Gasteiger partial charge in [0.05, 0.1) is 0 Å². The van der Waals surface area contributed by atoms with E-state index >= 15 is 0 Å². The smallest absolute Gasteiger partial charge is 0.164 e. The first-order valence-electron chi connectivity index (χ1n) is 18.4. The molecule has 0 aliphatic carbocycles. The Morgan fingerprint density at radius 3 is 1.31 bits per heavy atom. The summed E-state index contributed by atoms with van der Waals surface area (Å²) in [5.74, 6) is 1.86. The van der Waals surface area contributed by atoms with Crippen LogP contribution in [0, 0.1) is 0 Å². The standard InChI is InChI=1S/C51H33N3O/c1-3-14-36(15-4-1)41-20-7-9-23-45(41)50-52-49(53-51(54-50)46-24-10-8-21-42(46)37-16-5-2-6-17-37)40-19-13-18-38(32-40)34-26-28-35(29-27-34)39-30-31-44-43-22-11-12-25-47(43)55-48(44)33-39/h1-33H. The minimum absolute atomic E-state index is 0.614. The van der Waals surface area contributed by atoms with Crippen LogP contribution < -0.4 is 0 Å². The second-order valence-corrected chi connectivity index (χ2v) is 13.6. The van der Waals surface area contributed by atoms with Gasteiger partial charge in [0.15, 0.2) is 17.5 Å². The van der Waals surface area contributed by atoms with Crippen molar-refractivity contribution in [2.24, 2.45) is 0 Å². The third-order valence-electron chi connectivity index (χ3n) is 10.2. The van der Waals surface area contributed by atoms with Gasteiger partial charge in [-0.1, -0.05) is 176 Å². The molecule has 0 saturated carbocycles. The van der Waals surface area contributed by atoms with Crippen molar-refractivity contribution in [3.05, 3.63) is 200 Å². The summed E-state index contributed by atoms with van der Waals surface area (Å²) in [5.41, 5.74) is 13.4. The second kappa shape index (κ2) is 13.8. The van der Waals surface area contributed by atoms with Gasteiger partial charge in [0, 0.05) is 27.5 Å². The van der Waals surface area contributed by atoms with Gasteiger partial charge in [-0.05, 0) is 68.8 Å². The highest BCUT2D eigenvalue weighted by Crippen LogP contribution is 2.37. The third-order valence-corrected chi connectivity index (χ3v) is 10.2. The van der Waals surface area contributed by atoms with Crippen LogP contribution in [-0.4, -0.2) is 15.0 Å². The maximum atomic E-state index is 6.18. The van der Waals surface area contributed by atoms with Gasteiger partial charge in [-0.25, -0.2) is 15.0 Å². The van der Waals surface area contributed by atoms with Crippen LogP contribution in [0.2, 0.25) is 0 Å². The Hall–Kier alpha value is -7.43. The largest absolute Gasteiger partial charge is 0.456 e. The molecule has 4 nitrogen and oxygen atoms in total. The van der Waals surface area contributed by atoms with Crippen LogP contribution in [0.4, 0.5) is 0 Å². The van der Waals surface area contributed by atoms with E-state index in [9.17, 15) is 0 Å². The van der Waals surface area contributed by atoms with E-state index < -0.39 is 0 Å². The average molecular weight is 704 g/mol. The fourth-order valence-corrected chi connectivity index (χ4v) is 7.44. The number of aromatic nitrogens is 3. The summed E-state index contributed by atoms with van der Waals surface area (Å²) < 4.78 is 6.18. The van der Waals surface area contributed by atoms with E-state index in [1.165, 1.54) is 0 Å². The van der Waals surface area contributed by atoms with E-state index in [0.717, 1.165) is 83.1 Å². The molecular weight excluding hydrogens is 671 g/mol. The first kappa shape index (κ1) is 32.2. The molecule has 0 spiro atoms. The molecule has 10 aromatic rings. The number of para-hydroxylation sites is 1. The van der Waals surface area contributed by atoms with Crippen molar-refractivity contribution in [3.63, 3.8) is 0 Å². The zero-order valence-corrected chi connectivity index (χ0v) is 29.8. The van der Waals surface area contributed by atoms with Crippen LogP contribution in [-0.2, 0) is 0 Å². The van der Waals surface area contributed by atoms with Crippen molar-refractivity contribution in [2.45, 2.75) is 0 Å². The number of hydrogen-bond donors (Lipinski definition) is 0. The van der Waals surface area contributed by atoms with Crippen LogP contribution in [0.25, 0.3) is 101 Å². The lowest BCUT2D eigenvalue weighted by Gasteiger charge is -2.14. The topological polar surface area (TPSA) is 51.8 Å². The Balaban J connectivity index is 1.06. The molecule has 0 amide bonds. The Bertz CT molecular complexity index is 2870. The van der Waals surface area contributed by atoms with Crippen molar-refractivity contribution in [2.75, 3.05) is 0 Å². The first-order chi connectivity index (χ1) is 27.2. The quantitative estimate of drug-likeness (QED) is 0.166. The third kappa shape index (κ3) is 6.16. The van der Waals surface area contributed by atoms with Gasteiger partial charge < -0.3 is 4.42 Å². The highest BCUT2D eigenvalue weighted by molar-refractivity contribution is 6.05. The summed E-state index contributed by atoms with van der Waals surface area (Å²) in [6.45, 7) is 0. The first-order valence-corrected chi connectivity index (χ1v) is 18.4. The lowest BCUT2D eigenvalue weighted by Crippen LogP contribution is -2.02. The van der Waals surface area contributed by atoms with Gasteiger partial charge in [-0.3, -0.25) is 0 Å². The molecule has 2 aromatic heterocycles. The van der Waals surface area contributed by atoms with E-state index in [-0.39, 0.29) is 0 Å². The summed E-state index contributed by atoms with van der Waals surface area (Å²) in [4.78, 5) is 15.6. The molecule has 258 valence electrons. The Labute approximate surface area is 319 Å². The highest BCUT2D eigenvalue weighted by atomic mass is 16.3. The predicted octanol–water partition coefficient (Wildman–Crippen LogP) is 13.4. The lowest BCUT2D eigenvalue weighted by atomic mass is 9.97. The van der Waals surface area contributed by atoms with Crippen LogP contribution in [0.5, 0.6) is 0 Å². The molecule has 0 atom stereocenters. The Morgan fingerprint density at radius 2 is 0.691 bits per heavy atom. The SMILES string of the molecule is c1ccc(-c2ccccc2-c2nc(-c3cccc(-c4ccc(-c5ccc6c(c5)oc5ccccc56)cc4)c3)nc(-c3ccccc3-c3ccccc3)n2)cc1. The minimum Gasteiger partial charge on any atom is -0.456 e. The maximum Gasteiger partial charge on any atom is 0.164 e. The molecule has 4 heteroatoms. The lowest BCUT2D eigenvalue weighted by molar-refractivity contribution is 0.669. The molecule has 0 unspecified atom stereocenters. The van der Waals surface area contributed by atoms with Crippen LogP contribution >= 0.6 is 0 Å². The summed E-state index contributed by atoms with van der Waals surface area (Å²) in [7, 11) is 0. The van der Waals surface area contributed by atoms with Crippen molar-refractivity contribution in [1.82, 2.24) is 15.0 Å². The van der Waals surface area contributed by atoms with Crippen LogP contribution in [0.15, 0.2) is 205 Å². The molecule has 0 radical (unpaired) electrons. The minimum atomic E-state index is 0.614. The molecule has 0 saturated heterocycles. The molecule has 2 heterocycles. The second-order valence-electron chi connectivity index (χ2n) is 13.6. The van der Waals surface area contributed by atoms with E-state index in [2.05, 4.69) is 158 Å². The zero-order chi connectivity index (χ0) is 36.6. The molecule has 8 aromatic carbocycles. The Kier molecular flexibility index (Phi) is 8.12. The van der Waals surface area contributed by atoms with E-state index in [1.54, 1.807) is 0 Å². The molecule has 0 N–H and O–H groups in total. The monoisotopic (exact) mass is 703 g/mol. The van der Waals surface area contributed by atoms with E-state index in [1.807, 2.05) is 42.5 Å². The van der Waals surface area contributed by atoms with Crippen molar-refractivity contribution in [3.8, 4) is 78.7 Å². The average Bonchev–Trinajstić information content (AvgIpc) is 3.65. The summed E-state index contributed by atoms with van der Waals surface area (Å²) >= 11 is 0. The predicted molar refractivity (Wildman–Crippen MR) is 225 cm³/mol. The number of hydrogen-bond acceptors (Lipinski definition) is 4. The number of nitrogens with zero attached hydrogens (tertiary/aromatic N) is 3. The molecule has 0 aliphatic rings. The molecule has 0 fully saturated rings. The van der Waals surface area contributed by atoms with Gasteiger partial charge >= 0.3 is 0 Å². The van der Waals surface area contributed by atoms with Crippen LogP contribution in [0.3, 0.4) is 0 Å². The normalized spacial score (nSPS) is 11.3. The maximum absolute atomic E-state index is 6.18. The van der Waals surface area contributed by atoms with Gasteiger partial charge in [0.25, 0.3) is 0 Å². The highest BCUT2D eigenvalue weighted by Gasteiger charge is 2.18. The number of benzene rings is 8. The zero-order valence-electron chi connectivity index (χ0n) is 29.8. The fourth-order valence-electron chi connectivity index (χ4n) is 7.44. The van der Waals surface area contributed by atoms with Gasteiger partial charge in [0.2, 0.25) is 0 Å². The molecule has 55 heavy (non-hydrogen) atoms. The van der Waals surface area contributed by atoms with Crippen molar-refractivity contribution < 1.29 is 4.42 Å². The number of furan rings is 1. The summed E-state index contributed by atoms with van der Waals surface area (Å²) in [5, 5.41) is 2.27. The van der Waals surface area contributed by atoms with Gasteiger partial charge in [-0.2, -0.15) is 0 Å². The van der Waals surface area contributed by atoms with Crippen LogP contribution in [0.1, 0.15) is 0 Å². The number of rotatable bonds is 7. The van der Waals surface area contributed by atoms with Crippen molar-refractivity contribution in [1.29, 1.82) is 0 Å². The van der Waals surface area contributed by atoms with Crippen molar-refractivity contribution >= 4 is 21.9 Å². The summed E-state index contributed by atoms with van der Waals surface area (Å²) in [6.07, 6.45) is 0.